The Morgan fingerprint density at radius 2 is 2.18 bits per heavy atom. The molecule has 0 heterocycles. The topological polar surface area (TPSA) is 12.0 Å². The number of nitrogens with one attached hydrogen (secondary N) is 1. The zero-order valence-electron chi connectivity index (χ0n) is 7.03. The summed E-state index contributed by atoms with van der Waals surface area (Å²) >= 11 is 11.7. The highest BCUT2D eigenvalue weighted by molar-refractivity contribution is 6.50. The monoisotopic (exact) mass is 195 g/mol. The Bertz CT molecular complexity index is 136. The summed E-state index contributed by atoms with van der Waals surface area (Å²) in [5.74, 6) is 0.472. The van der Waals surface area contributed by atoms with Crippen LogP contribution < -0.4 is 5.32 Å². The number of rotatable bonds is 4. The van der Waals surface area contributed by atoms with Crippen molar-refractivity contribution in [2.75, 3.05) is 6.54 Å². The molecule has 3 heteroatoms. The van der Waals surface area contributed by atoms with Crippen molar-refractivity contribution in [1.82, 2.24) is 5.32 Å². The summed E-state index contributed by atoms with van der Waals surface area (Å²) in [5, 5.41) is 3.38. The predicted molar refractivity (Wildman–Crippen MR) is 50.3 cm³/mol. The van der Waals surface area contributed by atoms with Gasteiger partial charge in [-0.25, -0.2) is 0 Å². The van der Waals surface area contributed by atoms with Gasteiger partial charge in [-0.3, -0.25) is 0 Å². The van der Waals surface area contributed by atoms with E-state index in [9.17, 15) is 0 Å². The van der Waals surface area contributed by atoms with Crippen molar-refractivity contribution in [3.05, 3.63) is 0 Å². The third-order valence-electron chi connectivity index (χ3n) is 2.28. The molecule has 0 spiro atoms. The first-order valence-electron chi connectivity index (χ1n) is 4.17. The highest BCUT2D eigenvalue weighted by Crippen LogP contribution is 2.52. The van der Waals surface area contributed by atoms with E-state index in [-0.39, 0.29) is 0 Å². The van der Waals surface area contributed by atoms with Gasteiger partial charge in [-0.1, -0.05) is 6.92 Å². The molecule has 0 aromatic carbocycles. The van der Waals surface area contributed by atoms with Crippen LogP contribution in [0.5, 0.6) is 0 Å². The van der Waals surface area contributed by atoms with Gasteiger partial charge in [0.05, 0.1) is 0 Å². The van der Waals surface area contributed by atoms with Crippen molar-refractivity contribution >= 4 is 23.2 Å². The van der Waals surface area contributed by atoms with Crippen molar-refractivity contribution in [2.24, 2.45) is 5.92 Å². The number of hydrogen-bond donors (Lipinski definition) is 1. The second-order valence-corrected chi connectivity index (χ2v) is 4.92. The lowest BCUT2D eigenvalue weighted by atomic mass is 10.2. The Labute approximate surface area is 78.4 Å². The van der Waals surface area contributed by atoms with E-state index in [4.69, 9.17) is 23.2 Å². The lowest BCUT2D eigenvalue weighted by molar-refractivity contribution is 0.514. The zero-order chi connectivity index (χ0) is 8.48. The van der Waals surface area contributed by atoms with Crippen molar-refractivity contribution in [1.29, 1.82) is 0 Å². The maximum absolute atomic E-state index is 5.86. The quantitative estimate of drug-likeness (QED) is 0.681. The molecule has 1 fully saturated rings. The molecule has 11 heavy (non-hydrogen) atoms. The minimum Gasteiger partial charge on any atom is -0.314 e. The molecule has 66 valence electrons. The molecule has 1 nitrogen and oxygen atoms in total. The molecule has 1 aliphatic rings. The molecule has 0 aromatic rings. The van der Waals surface area contributed by atoms with Crippen LogP contribution in [-0.4, -0.2) is 16.9 Å². The summed E-state index contributed by atoms with van der Waals surface area (Å²) in [7, 11) is 0. The third kappa shape index (κ3) is 2.81. The molecular formula is C8H15Cl2N. The fraction of sp³-hybridized carbons (Fsp3) is 1.00. The van der Waals surface area contributed by atoms with Crippen LogP contribution in [0.3, 0.4) is 0 Å². The van der Waals surface area contributed by atoms with Crippen LogP contribution in [0.2, 0.25) is 0 Å². The molecule has 2 unspecified atom stereocenters. The zero-order valence-corrected chi connectivity index (χ0v) is 8.54. The van der Waals surface area contributed by atoms with Crippen LogP contribution >= 0.6 is 23.2 Å². The van der Waals surface area contributed by atoms with Crippen LogP contribution in [0.4, 0.5) is 0 Å². The molecular weight excluding hydrogens is 181 g/mol. The average Bonchev–Trinajstić information content (AvgIpc) is 2.54. The molecule has 1 aliphatic carbocycles. The Morgan fingerprint density at radius 3 is 2.55 bits per heavy atom. The predicted octanol–water partition coefficient (Wildman–Crippen LogP) is 2.57. The number of halogens is 2. The second kappa shape index (κ2) is 3.51. The van der Waals surface area contributed by atoms with Gasteiger partial charge in [-0.2, -0.15) is 0 Å². The summed E-state index contributed by atoms with van der Waals surface area (Å²) in [6, 6.07) is 0.583. The highest BCUT2D eigenvalue weighted by atomic mass is 35.5. The van der Waals surface area contributed by atoms with E-state index in [1.54, 1.807) is 0 Å². The van der Waals surface area contributed by atoms with E-state index in [0.29, 0.717) is 12.0 Å². The van der Waals surface area contributed by atoms with E-state index >= 15 is 0 Å². The van der Waals surface area contributed by atoms with E-state index in [0.717, 1.165) is 19.4 Å². The van der Waals surface area contributed by atoms with Gasteiger partial charge in [-0.05, 0) is 19.8 Å². The third-order valence-corrected chi connectivity index (χ3v) is 3.21. The minimum absolute atomic E-state index is 0.416. The van der Waals surface area contributed by atoms with Gasteiger partial charge < -0.3 is 5.32 Å². The Hall–Kier alpha value is 0.540. The fourth-order valence-electron chi connectivity index (χ4n) is 0.979. The summed E-state index contributed by atoms with van der Waals surface area (Å²) in [5.41, 5.74) is 0. The molecule has 1 rings (SSSR count). The van der Waals surface area contributed by atoms with E-state index in [2.05, 4.69) is 19.2 Å². The first kappa shape index (κ1) is 9.63. The normalized spacial score (nSPS) is 30.0. The highest BCUT2D eigenvalue weighted by Gasteiger charge is 2.51. The fourth-order valence-corrected chi connectivity index (χ4v) is 1.51. The lowest BCUT2D eigenvalue weighted by Crippen LogP contribution is -2.28. The van der Waals surface area contributed by atoms with Gasteiger partial charge in [0.15, 0.2) is 0 Å². The first-order valence-corrected chi connectivity index (χ1v) is 4.93. The molecule has 0 saturated heterocycles. The smallest absolute Gasteiger partial charge is 0.122 e. The maximum atomic E-state index is 5.86. The number of alkyl halides is 2. The van der Waals surface area contributed by atoms with Crippen molar-refractivity contribution < 1.29 is 0 Å². The van der Waals surface area contributed by atoms with Crippen molar-refractivity contribution in [3.63, 3.8) is 0 Å². The lowest BCUT2D eigenvalue weighted by Gasteiger charge is -2.10. The van der Waals surface area contributed by atoms with Gasteiger partial charge in [0.25, 0.3) is 0 Å². The molecule has 1 saturated carbocycles. The summed E-state index contributed by atoms with van der Waals surface area (Å²) in [6.07, 6.45) is 2.10. The van der Waals surface area contributed by atoms with Crippen molar-refractivity contribution in [3.8, 4) is 0 Å². The second-order valence-electron chi connectivity index (χ2n) is 3.38. The summed E-state index contributed by atoms with van der Waals surface area (Å²) in [4.78, 5) is 0. The Morgan fingerprint density at radius 1 is 1.64 bits per heavy atom. The molecule has 0 aromatic heterocycles. The van der Waals surface area contributed by atoms with Crippen LogP contribution in [-0.2, 0) is 0 Å². The van der Waals surface area contributed by atoms with Gasteiger partial charge in [-0.15, -0.1) is 23.2 Å². The van der Waals surface area contributed by atoms with E-state index < -0.39 is 4.33 Å². The average molecular weight is 196 g/mol. The van der Waals surface area contributed by atoms with Crippen LogP contribution in [0.25, 0.3) is 0 Å². The van der Waals surface area contributed by atoms with Crippen LogP contribution in [0.1, 0.15) is 26.7 Å². The molecule has 0 amide bonds. The van der Waals surface area contributed by atoms with Gasteiger partial charge in [0.1, 0.15) is 4.33 Å². The van der Waals surface area contributed by atoms with Crippen LogP contribution in [0, 0.1) is 5.92 Å². The van der Waals surface area contributed by atoms with Gasteiger partial charge in [0, 0.05) is 18.5 Å². The van der Waals surface area contributed by atoms with Gasteiger partial charge in [0.2, 0.25) is 0 Å². The van der Waals surface area contributed by atoms with E-state index in [1.165, 1.54) is 0 Å². The molecule has 0 aliphatic heterocycles. The maximum Gasteiger partial charge on any atom is 0.122 e. The Balaban J connectivity index is 2.06. The largest absolute Gasteiger partial charge is 0.314 e. The van der Waals surface area contributed by atoms with E-state index in [1.807, 2.05) is 0 Å². The summed E-state index contributed by atoms with van der Waals surface area (Å²) in [6.45, 7) is 5.30. The Kier molecular flexibility index (Phi) is 3.07. The van der Waals surface area contributed by atoms with Crippen molar-refractivity contribution in [2.45, 2.75) is 37.1 Å². The minimum atomic E-state index is -0.416. The van der Waals surface area contributed by atoms with Gasteiger partial charge >= 0.3 is 0 Å². The molecule has 2 atom stereocenters. The standard InChI is InChI=1S/C8H15Cl2N/c1-3-6(2)11-5-7-4-8(7,9)10/h6-7,11H,3-5H2,1-2H3. The SMILES string of the molecule is CCC(C)NCC1CC1(Cl)Cl. The first-order chi connectivity index (χ1) is 5.06. The molecule has 0 bridgehead atoms. The number of hydrogen-bond acceptors (Lipinski definition) is 1. The molecule has 1 N–H and O–H groups in total. The summed E-state index contributed by atoms with van der Waals surface area (Å²) < 4.78 is -0.416. The van der Waals surface area contributed by atoms with Crippen LogP contribution in [0.15, 0.2) is 0 Å². The molecule has 0 radical (unpaired) electrons.